The quantitative estimate of drug-likeness (QED) is 0.843. The minimum absolute atomic E-state index is 0.532. The number of nitriles is 1. The zero-order valence-corrected chi connectivity index (χ0v) is 12.8. The first-order valence-electron chi connectivity index (χ1n) is 7.89. The highest BCUT2D eigenvalue weighted by atomic mass is 14.9. The van der Waals surface area contributed by atoms with Crippen LogP contribution in [-0.2, 0) is 0 Å². The molecule has 0 aromatic heterocycles. The fourth-order valence-electron chi connectivity index (χ4n) is 3.51. The van der Waals surface area contributed by atoms with Gasteiger partial charge in [-0.2, -0.15) is 5.26 Å². The van der Waals surface area contributed by atoms with Crippen LogP contribution in [-0.4, -0.2) is 6.04 Å². The van der Waals surface area contributed by atoms with E-state index in [1.165, 1.54) is 19.3 Å². The molecular formula is C19H22N2. The maximum Gasteiger partial charge on any atom is 0.0998 e. The van der Waals surface area contributed by atoms with E-state index in [-0.39, 0.29) is 0 Å². The molecule has 0 heterocycles. The van der Waals surface area contributed by atoms with Crippen LogP contribution in [0.1, 0.15) is 38.7 Å². The predicted octanol–water partition coefficient (Wildman–Crippen LogP) is 4.95. The first-order chi connectivity index (χ1) is 10.2. The van der Waals surface area contributed by atoms with E-state index in [2.05, 4.69) is 37.4 Å². The van der Waals surface area contributed by atoms with Gasteiger partial charge in [-0.05, 0) is 30.4 Å². The summed E-state index contributed by atoms with van der Waals surface area (Å²) in [5, 5.41) is 15.2. The highest BCUT2D eigenvalue weighted by Crippen LogP contribution is 2.34. The second-order valence-corrected chi connectivity index (χ2v) is 6.34. The van der Waals surface area contributed by atoms with Crippen LogP contribution in [0.5, 0.6) is 0 Å². The minimum Gasteiger partial charge on any atom is -0.382 e. The first kappa shape index (κ1) is 13.9. The van der Waals surface area contributed by atoms with Crippen LogP contribution in [0, 0.1) is 23.2 Å². The summed E-state index contributed by atoms with van der Waals surface area (Å²) in [6.07, 6.45) is 3.88. The number of nitrogens with zero attached hydrogens (tertiary/aromatic N) is 1. The summed E-state index contributed by atoms with van der Waals surface area (Å²) in [4.78, 5) is 0. The van der Waals surface area contributed by atoms with E-state index in [1.807, 2.05) is 24.3 Å². The van der Waals surface area contributed by atoms with Crippen LogP contribution >= 0.6 is 0 Å². The molecule has 1 aliphatic rings. The maximum atomic E-state index is 9.25. The monoisotopic (exact) mass is 278 g/mol. The third-order valence-electron chi connectivity index (χ3n) is 5.09. The molecular weight excluding hydrogens is 256 g/mol. The molecule has 3 atom stereocenters. The number of fused-ring (bicyclic) bond motifs is 1. The molecule has 0 bridgehead atoms. The topological polar surface area (TPSA) is 35.8 Å². The zero-order chi connectivity index (χ0) is 14.8. The molecule has 0 radical (unpaired) electrons. The van der Waals surface area contributed by atoms with Gasteiger partial charge in [0.25, 0.3) is 0 Å². The highest BCUT2D eigenvalue weighted by molar-refractivity contribution is 5.97. The third kappa shape index (κ3) is 2.61. The van der Waals surface area contributed by atoms with Crippen LogP contribution in [0.3, 0.4) is 0 Å². The van der Waals surface area contributed by atoms with E-state index in [4.69, 9.17) is 0 Å². The van der Waals surface area contributed by atoms with Gasteiger partial charge < -0.3 is 5.32 Å². The van der Waals surface area contributed by atoms with Gasteiger partial charge in [0.2, 0.25) is 0 Å². The number of rotatable bonds is 2. The molecule has 1 fully saturated rings. The third-order valence-corrected chi connectivity index (χ3v) is 5.09. The molecule has 1 N–H and O–H groups in total. The Morgan fingerprint density at radius 2 is 1.81 bits per heavy atom. The van der Waals surface area contributed by atoms with Crippen molar-refractivity contribution in [2.45, 2.75) is 39.2 Å². The van der Waals surface area contributed by atoms with E-state index in [0.29, 0.717) is 12.0 Å². The van der Waals surface area contributed by atoms with Gasteiger partial charge in [-0.25, -0.2) is 0 Å². The van der Waals surface area contributed by atoms with Crippen LogP contribution in [0.4, 0.5) is 5.69 Å². The van der Waals surface area contributed by atoms with Crippen LogP contribution in [0.15, 0.2) is 36.4 Å². The Bertz CT molecular complexity index is 684. The smallest absolute Gasteiger partial charge is 0.0998 e. The van der Waals surface area contributed by atoms with Gasteiger partial charge in [0.05, 0.1) is 11.6 Å². The normalized spacial score (nSPS) is 25.5. The van der Waals surface area contributed by atoms with E-state index in [9.17, 15) is 5.26 Å². The summed E-state index contributed by atoms with van der Waals surface area (Å²) < 4.78 is 0. The maximum absolute atomic E-state index is 9.25. The van der Waals surface area contributed by atoms with Gasteiger partial charge in [0.15, 0.2) is 0 Å². The largest absolute Gasteiger partial charge is 0.382 e. The number of benzene rings is 2. The Kier molecular flexibility index (Phi) is 3.84. The van der Waals surface area contributed by atoms with Crippen LogP contribution < -0.4 is 5.32 Å². The molecule has 21 heavy (non-hydrogen) atoms. The van der Waals surface area contributed by atoms with Gasteiger partial charge in [0, 0.05) is 22.5 Å². The van der Waals surface area contributed by atoms with E-state index in [1.54, 1.807) is 0 Å². The molecule has 0 aliphatic heterocycles. The second-order valence-electron chi connectivity index (χ2n) is 6.34. The Hall–Kier alpha value is -2.01. The second kappa shape index (κ2) is 5.77. The summed E-state index contributed by atoms with van der Waals surface area (Å²) in [5.41, 5.74) is 1.91. The van der Waals surface area contributed by atoms with Crippen LogP contribution in [0.25, 0.3) is 10.8 Å². The molecule has 3 unspecified atom stereocenters. The standard InChI is InChI=1S/C19H22N2/c1-13-6-5-9-18(14(13)2)21-19-11-10-15(12-20)16-7-3-4-8-17(16)19/h3-4,7-8,10-11,13-14,18,21H,5-6,9H2,1-2H3. The lowest BCUT2D eigenvalue weighted by molar-refractivity contribution is 0.253. The van der Waals surface area contributed by atoms with Crippen molar-refractivity contribution in [3.8, 4) is 6.07 Å². The summed E-state index contributed by atoms with van der Waals surface area (Å²) in [6, 6.07) is 15.0. The lowest BCUT2D eigenvalue weighted by Gasteiger charge is -2.35. The lowest BCUT2D eigenvalue weighted by atomic mass is 9.78. The predicted molar refractivity (Wildman–Crippen MR) is 88.3 cm³/mol. The SMILES string of the molecule is CC1CCCC(Nc2ccc(C#N)c3ccccc23)C1C. The van der Waals surface area contributed by atoms with Gasteiger partial charge in [0.1, 0.15) is 0 Å². The van der Waals surface area contributed by atoms with E-state index >= 15 is 0 Å². The fraction of sp³-hybridized carbons (Fsp3) is 0.421. The van der Waals surface area contributed by atoms with Gasteiger partial charge in [-0.1, -0.05) is 51.0 Å². The molecule has 2 aromatic rings. The average molecular weight is 278 g/mol. The number of nitrogens with one attached hydrogen (secondary N) is 1. The number of hydrogen-bond donors (Lipinski definition) is 1. The number of hydrogen-bond acceptors (Lipinski definition) is 2. The van der Waals surface area contributed by atoms with Crippen molar-refractivity contribution in [2.75, 3.05) is 5.32 Å². The van der Waals surface area contributed by atoms with Crippen molar-refractivity contribution in [3.05, 3.63) is 42.0 Å². The van der Waals surface area contributed by atoms with Crippen molar-refractivity contribution in [1.29, 1.82) is 5.26 Å². The minimum atomic E-state index is 0.532. The molecule has 1 aliphatic carbocycles. The van der Waals surface area contributed by atoms with Crippen molar-refractivity contribution in [1.82, 2.24) is 0 Å². The molecule has 0 amide bonds. The first-order valence-corrected chi connectivity index (χ1v) is 7.89. The van der Waals surface area contributed by atoms with Gasteiger partial charge in [-0.15, -0.1) is 0 Å². The number of anilines is 1. The molecule has 2 heteroatoms. The van der Waals surface area contributed by atoms with Gasteiger partial charge >= 0.3 is 0 Å². The molecule has 0 spiro atoms. The molecule has 3 rings (SSSR count). The Labute approximate surface area is 126 Å². The van der Waals surface area contributed by atoms with Crippen molar-refractivity contribution in [2.24, 2.45) is 11.8 Å². The van der Waals surface area contributed by atoms with Crippen molar-refractivity contribution < 1.29 is 0 Å². The molecule has 2 nitrogen and oxygen atoms in total. The zero-order valence-electron chi connectivity index (χ0n) is 12.8. The highest BCUT2D eigenvalue weighted by Gasteiger charge is 2.27. The summed E-state index contributed by atoms with van der Waals surface area (Å²) in [5.74, 6) is 1.47. The Balaban J connectivity index is 1.96. The fourth-order valence-corrected chi connectivity index (χ4v) is 3.51. The van der Waals surface area contributed by atoms with Crippen LogP contribution in [0.2, 0.25) is 0 Å². The van der Waals surface area contributed by atoms with E-state index in [0.717, 1.165) is 27.9 Å². The van der Waals surface area contributed by atoms with Crippen molar-refractivity contribution >= 4 is 16.5 Å². The lowest BCUT2D eigenvalue weighted by Crippen LogP contribution is -2.35. The Morgan fingerprint density at radius 3 is 2.57 bits per heavy atom. The van der Waals surface area contributed by atoms with E-state index < -0.39 is 0 Å². The summed E-state index contributed by atoms with van der Waals surface area (Å²) in [7, 11) is 0. The summed E-state index contributed by atoms with van der Waals surface area (Å²) in [6.45, 7) is 4.71. The summed E-state index contributed by atoms with van der Waals surface area (Å²) >= 11 is 0. The molecule has 1 saturated carbocycles. The molecule has 108 valence electrons. The molecule has 2 aromatic carbocycles. The average Bonchev–Trinajstić information content (AvgIpc) is 2.52. The van der Waals surface area contributed by atoms with Crippen molar-refractivity contribution in [3.63, 3.8) is 0 Å². The molecule has 0 saturated heterocycles. The van der Waals surface area contributed by atoms with Gasteiger partial charge in [-0.3, -0.25) is 0 Å². The Morgan fingerprint density at radius 1 is 1.05 bits per heavy atom.